The number of pyridine rings is 1. The Bertz CT molecular complexity index is 584. The van der Waals surface area contributed by atoms with Gasteiger partial charge in [-0.3, -0.25) is 4.57 Å². The molecule has 102 valence electrons. The van der Waals surface area contributed by atoms with Crippen LogP contribution in [0.25, 0.3) is 11.2 Å². The number of imidazole rings is 1. The molecule has 1 saturated carbocycles. The number of aryl methyl sites for hydroxylation is 1. The average Bonchev–Trinajstić information content (AvgIpc) is 2.74. The van der Waals surface area contributed by atoms with Crippen molar-refractivity contribution in [3.63, 3.8) is 0 Å². The molecule has 1 fully saturated rings. The number of anilines is 1. The minimum absolute atomic E-state index is 0.462. The lowest BCUT2D eigenvalue weighted by atomic mass is 9.95. The van der Waals surface area contributed by atoms with Crippen molar-refractivity contribution in [2.75, 3.05) is 12.0 Å². The molecule has 19 heavy (non-hydrogen) atoms. The molecule has 0 spiro atoms. The zero-order chi connectivity index (χ0) is 13.4. The molecule has 5 heteroatoms. The fourth-order valence-corrected chi connectivity index (χ4v) is 3.74. The minimum Gasteiger partial charge on any atom is -0.369 e. The van der Waals surface area contributed by atoms with Crippen LogP contribution in [0.2, 0.25) is 0 Å². The van der Waals surface area contributed by atoms with Crippen LogP contribution in [-0.4, -0.2) is 26.0 Å². The van der Waals surface area contributed by atoms with Gasteiger partial charge in [-0.1, -0.05) is 0 Å². The molecule has 0 radical (unpaired) electrons. The highest BCUT2D eigenvalue weighted by Crippen LogP contribution is 2.36. The molecule has 1 aliphatic carbocycles. The Balaban J connectivity index is 1.94. The molecule has 1 aliphatic rings. The van der Waals surface area contributed by atoms with Gasteiger partial charge in [-0.2, -0.15) is 11.8 Å². The molecule has 0 atom stereocenters. The number of rotatable bonds is 2. The van der Waals surface area contributed by atoms with Gasteiger partial charge in [-0.15, -0.1) is 0 Å². The van der Waals surface area contributed by atoms with Gasteiger partial charge in [0.1, 0.15) is 5.52 Å². The van der Waals surface area contributed by atoms with Crippen molar-refractivity contribution in [2.45, 2.75) is 43.9 Å². The van der Waals surface area contributed by atoms with Crippen molar-refractivity contribution in [3.8, 4) is 0 Å². The highest BCUT2D eigenvalue weighted by Gasteiger charge is 2.25. The topological polar surface area (TPSA) is 56.7 Å². The molecule has 0 saturated heterocycles. The Kier molecular flexibility index (Phi) is 3.39. The fraction of sp³-hybridized carbons (Fsp3) is 0.571. The third-order valence-electron chi connectivity index (χ3n) is 4.04. The largest absolute Gasteiger partial charge is 0.369 e. The summed E-state index contributed by atoms with van der Waals surface area (Å²) in [6.45, 7) is 2.03. The first-order valence-electron chi connectivity index (χ1n) is 6.82. The molecule has 2 N–H and O–H groups in total. The van der Waals surface area contributed by atoms with Crippen LogP contribution in [0, 0.1) is 6.92 Å². The smallest absolute Gasteiger partial charge is 0.202 e. The molecule has 0 amide bonds. The molecule has 0 bridgehead atoms. The van der Waals surface area contributed by atoms with Gasteiger partial charge >= 0.3 is 0 Å². The number of aromatic nitrogens is 3. The maximum absolute atomic E-state index is 6.11. The van der Waals surface area contributed by atoms with Crippen LogP contribution in [0.4, 0.5) is 5.95 Å². The zero-order valence-electron chi connectivity index (χ0n) is 11.5. The third kappa shape index (κ3) is 2.31. The van der Waals surface area contributed by atoms with E-state index >= 15 is 0 Å². The summed E-state index contributed by atoms with van der Waals surface area (Å²) >= 11 is 1.98. The van der Waals surface area contributed by atoms with E-state index in [1.165, 1.54) is 25.7 Å². The highest BCUT2D eigenvalue weighted by atomic mass is 32.2. The van der Waals surface area contributed by atoms with Crippen molar-refractivity contribution < 1.29 is 0 Å². The van der Waals surface area contributed by atoms with Crippen LogP contribution >= 0.6 is 11.8 Å². The Morgan fingerprint density at radius 1 is 1.32 bits per heavy atom. The van der Waals surface area contributed by atoms with Crippen LogP contribution < -0.4 is 5.73 Å². The number of hydrogen-bond acceptors (Lipinski definition) is 4. The third-order valence-corrected chi connectivity index (χ3v) is 5.17. The van der Waals surface area contributed by atoms with E-state index < -0.39 is 0 Å². The maximum Gasteiger partial charge on any atom is 0.202 e. The lowest BCUT2D eigenvalue weighted by molar-refractivity contribution is 0.368. The number of fused-ring (bicyclic) bond motifs is 1. The van der Waals surface area contributed by atoms with Crippen LogP contribution in [0.3, 0.4) is 0 Å². The summed E-state index contributed by atoms with van der Waals surface area (Å²) in [7, 11) is 0. The minimum atomic E-state index is 0.462. The van der Waals surface area contributed by atoms with Gasteiger partial charge in [0, 0.05) is 17.5 Å². The van der Waals surface area contributed by atoms with Crippen LogP contribution in [0.15, 0.2) is 12.3 Å². The summed E-state index contributed by atoms with van der Waals surface area (Å²) in [5.41, 5.74) is 9.10. The summed E-state index contributed by atoms with van der Waals surface area (Å²) in [6.07, 6.45) is 8.98. The number of hydrogen-bond donors (Lipinski definition) is 1. The van der Waals surface area contributed by atoms with Gasteiger partial charge in [0.05, 0.1) is 0 Å². The summed E-state index contributed by atoms with van der Waals surface area (Å²) in [5, 5.41) is 0.808. The fourth-order valence-electron chi connectivity index (χ4n) is 3.00. The van der Waals surface area contributed by atoms with E-state index in [0.717, 1.165) is 22.0 Å². The molecule has 2 aromatic rings. The van der Waals surface area contributed by atoms with Gasteiger partial charge in [-0.05, 0) is 50.5 Å². The van der Waals surface area contributed by atoms with Crippen LogP contribution in [0.1, 0.15) is 37.3 Å². The number of nitrogen functional groups attached to an aromatic ring is 1. The van der Waals surface area contributed by atoms with Crippen molar-refractivity contribution in [1.29, 1.82) is 0 Å². The lowest BCUT2D eigenvalue weighted by Crippen LogP contribution is -2.20. The molecule has 0 aliphatic heterocycles. The number of thioether (sulfide) groups is 1. The first-order valence-corrected chi connectivity index (χ1v) is 8.10. The standard InChI is InChI=1S/C14H20N4S/c1-9-7-12-13(16-8-9)18(14(15)17-12)10-3-5-11(19-2)6-4-10/h7-8,10-11H,3-6H2,1-2H3,(H2,15,17). The Hall–Kier alpha value is -1.23. The van der Waals surface area contributed by atoms with E-state index in [0.29, 0.717) is 12.0 Å². The van der Waals surface area contributed by atoms with E-state index in [-0.39, 0.29) is 0 Å². The lowest BCUT2D eigenvalue weighted by Gasteiger charge is -2.28. The maximum atomic E-state index is 6.11. The van der Waals surface area contributed by atoms with Gasteiger partial charge in [0.25, 0.3) is 0 Å². The average molecular weight is 276 g/mol. The second-order valence-electron chi connectivity index (χ2n) is 5.36. The van der Waals surface area contributed by atoms with E-state index in [4.69, 9.17) is 5.73 Å². The highest BCUT2D eigenvalue weighted by molar-refractivity contribution is 7.99. The van der Waals surface area contributed by atoms with Crippen molar-refractivity contribution in [3.05, 3.63) is 17.8 Å². The van der Waals surface area contributed by atoms with Crippen molar-refractivity contribution in [1.82, 2.24) is 14.5 Å². The molecule has 0 aromatic carbocycles. The van der Waals surface area contributed by atoms with Gasteiger partial charge in [0.15, 0.2) is 5.65 Å². The van der Waals surface area contributed by atoms with E-state index in [2.05, 4.69) is 26.9 Å². The molecule has 2 aromatic heterocycles. The molecular formula is C14H20N4S. The second-order valence-corrected chi connectivity index (χ2v) is 6.50. The SMILES string of the molecule is CSC1CCC(n2c(N)nc3cc(C)cnc32)CC1. The number of nitrogens with two attached hydrogens (primary N) is 1. The monoisotopic (exact) mass is 276 g/mol. The summed E-state index contributed by atoms with van der Waals surface area (Å²) in [6, 6.07) is 2.52. The first kappa shape index (κ1) is 12.8. The Labute approximate surface area is 117 Å². The zero-order valence-corrected chi connectivity index (χ0v) is 12.3. The quantitative estimate of drug-likeness (QED) is 0.915. The van der Waals surface area contributed by atoms with Gasteiger partial charge in [-0.25, -0.2) is 9.97 Å². The molecular weight excluding hydrogens is 256 g/mol. The Morgan fingerprint density at radius 2 is 2.05 bits per heavy atom. The van der Waals surface area contributed by atoms with Gasteiger partial charge in [0.2, 0.25) is 5.95 Å². The predicted molar refractivity (Wildman–Crippen MR) is 81.5 cm³/mol. The van der Waals surface area contributed by atoms with Crippen molar-refractivity contribution in [2.24, 2.45) is 0 Å². The molecule has 4 nitrogen and oxygen atoms in total. The second kappa shape index (κ2) is 5.04. The summed E-state index contributed by atoms with van der Waals surface area (Å²) in [5.74, 6) is 0.612. The Morgan fingerprint density at radius 3 is 2.74 bits per heavy atom. The van der Waals surface area contributed by atoms with Crippen molar-refractivity contribution >= 4 is 28.9 Å². The normalized spacial score (nSPS) is 23.9. The first-order chi connectivity index (χ1) is 9.19. The summed E-state index contributed by atoms with van der Waals surface area (Å²) in [4.78, 5) is 8.99. The summed E-state index contributed by atoms with van der Waals surface area (Å²) < 4.78 is 2.14. The molecule has 2 heterocycles. The van der Waals surface area contributed by atoms with Crippen LogP contribution in [0.5, 0.6) is 0 Å². The molecule has 3 rings (SSSR count). The number of nitrogens with zero attached hydrogens (tertiary/aromatic N) is 3. The molecule has 0 unspecified atom stereocenters. The van der Waals surface area contributed by atoms with E-state index in [9.17, 15) is 0 Å². The van der Waals surface area contributed by atoms with E-state index in [1.807, 2.05) is 24.9 Å². The van der Waals surface area contributed by atoms with E-state index in [1.54, 1.807) is 0 Å². The van der Waals surface area contributed by atoms with Gasteiger partial charge < -0.3 is 5.73 Å². The van der Waals surface area contributed by atoms with Crippen LogP contribution in [-0.2, 0) is 0 Å². The predicted octanol–water partition coefficient (Wildman–Crippen LogP) is 3.17.